The normalized spacial score (nSPS) is 30.6. The van der Waals surface area contributed by atoms with Crippen LogP contribution in [0.4, 0.5) is 0 Å². The second kappa shape index (κ2) is 20.0. The Morgan fingerprint density at radius 1 is 0.478 bits per heavy atom. The predicted molar refractivity (Wildman–Crippen MR) is 234 cm³/mol. The summed E-state index contributed by atoms with van der Waals surface area (Å²) in [5.74, 6) is -4.80. The minimum Gasteiger partial charge on any atom is -0.459 e. The van der Waals surface area contributed by atoms with Crippen LogP contribution < -0.4 is 0 Å². The molecule has 6 fully saturated rings. The second-order valence-corrected chi connectivity index (χ2v) is 17.9. The number of rotatable bonds is 12. The van der Waals surface area contributed by atoms with Gasteiger partial charge in [0.2, 0.25) is 0 Å². The van der Waals surface area contributed by atoms with Gasteiger partial charge in [-0.15, -0.1) is 0 Å². The molecule has 4 saturated heterocycles. The fourth-order valence-corrected chi connectivity index (χ4v) is 10.0. The molecule has 67 heavy (non-hydrogen) atoms. The zero-order valence-corrected chi connectivity index (χ0v) is 36.9. The van der Waals surface area contributed by atoms with E-state index in [1.807, 2.05) is 0 Å². The number of esters is 4. The van der Waals surface area contributed by atoms with Crippen molar-refractivity contribution >= 4 is 23.9 Å². The second-order valence-electron chi connectivity index (χ2n) is 17.9. The summed E-state index contributed by atoms with van der Waals surface area (Å²) in [5, 5.41) is 0. The van der Waals surface area contributed by atoms with Gasteiger partial charge in [-0.2, -0.15) is 0 Å². The predicted octanol–water partition coefficient (Wildman–Crippen LogP) is 7.51. The number of hydrogen-bond donors (Lipinski definition) is 0. The Bertz CT molecular complexity index is 2320. The molecule has 10 atom stereocenters. The summed E-state index contributed by atoms with van der Waals surface area (Å²) < 4.78 is 72.1. The van der Waals surface area contributed by atoms with Crippen LogP contribution in [0.2, 0.25) is 0 Å². The average molecular weight is 919 g/mol. The molecule has 0 amide bonds. The highest BCUT2D eigenvalue weighted by molar-refractivity contribution is 5.91. The monoisotopic (exact) mass is 918 g/mol. The number of hydrogen-bond acceptors (Lipinski definition) is 15. The van der Waals surface area contributed by atoms with Gasteiger partial charge in [0.05, 0.1) is 28.9 Å². The fraction of sp³-hybridized carbons (Fsp3) is 0.462. The molecule has 6 aliphatic rings. The van der Waals surface area contributed by atoms with E-state index in [9.17, 15) is 19.2 Å². The van der Waals surface area contributed by atoms with Gasteiger partial charge in [-0.1, -0.05) is 85.6 Å². The molecule has 4 aliphatic heterocycles. The number of carbonyl (C=O) groups excluding carboxylic acids is 4. The molecule has 4 aromatic rings. The van der Waals surface area contributed by atoms with Gasteiger partial charge < -0.3 is 52.1 Å². The van der Waals surface area contributed by atoms with Crippen LogP contribution >= 0.6 is 0 Å². The molecule has 4 unspecified atom stereocenters. The Labute approximate surface area is 388 Å². The first-order chi connectivity index (χ1) is 32.8. The maximum Gasteiger partial charge on any atom is 0.338 e. The maximum atomic E-state index is 14.3. The fourth-order valence-electron chi connectivity index (χ4n) is 10.0. The topological polar surface area (TPSA) is 170 Å². The first-order valence-corrected chi connectivity index (χ1v) is 23.4. The summed E-state index contributed by atoms with van der Waals surface area (Å²) in [6.45, 7) is -0.305. The molecule has 4 heterocycles. The molecule has 352 valence electrons. The molecular weight excluding hydrogens is 865 g/mol. The van der Waals surface area contributed by atoms with Crippen molar-refractivity contribution in [2.75, 3.05) is 13.2 Å². The van der Waals surface area contributed by atoms with E-state index in [0.717, 1.165) is 51.4 Å². The maximum absolute atomic E-state index is 14.3. The smallest absolute Gasteiger partial charge is 0.338 e. The van der Waals surface area contributed by atoms with Crippen LogP contribution in [0, 0.1) is 0 Å². The highest BCUT2D eigenvalue weighted by Crippen LogP contribution is 2.49. The van der Waals surface area contributed by atoms with E-state index in [1.165, 1.54) is 0 Å². The lowest BCUT2D eigenvalue weighted by Gasteiger charge is -2.45. The molecule has 2 aliphatic carbocycles. The first kappa shape index (κ1) is 45.3. The summed E-state index contributed by atoms with van der Waals surface area (Å²) in [6, 6.07) is 33.0. The lowest BCUT2D eigenvalue weighted by atomic mass is 9.94. The van der Waals surface area contributed by atoms with Crippen LogP contribution in [0.1, 0.15) is 106 Å². The van der Waals surface area contributed by atoms with Crippen molar-refractivity contribution in [3.05, 3.63) is 144 Å². The van der Waals surface area contributed by atoms with E-state index in [2.05, 4.69) is 0 Å². The quantitative estimate of drug-likeness (QED) is 0.101. The van der Waals surface area contributed by atoms with Gasteiger partial charge in [0.25, 0.3) is 0 Å². The molecule has 15 heteroatoms. The molecule has 0 N–H and O–H groups in total. The molecule has 10 rings (SSSR count). The number of benzene rings is 4. The van der Waals surface area contributed by atoms with E-state index in [1.54, 1.807) is 121 Å². The third-order valence-electron chi connectivity index (χ3n) is 13.4. The lowest BCUT2D eigenvalue weighted by Crippen LogP contribution is -2.64. The molecule has 0 radical (unpaired) electrons. The van der Waals surface area contributed by atoms with Crippen LogP contribution in [-0.2, 0) is 52.1 Å². The molecule has 15 nitrogen and oxygen atoms in total. The Balaban J connectivity index is 1.05. The van der Waals surface area contributed by atoms with E-state index >= 15 is 0 Å². The number of carbonyl (C=O) groups is 4. The van der Waals surface area contributed by atoms with Gasteiger partial charge in [-0.3, -0.25) is 0 Å². The van der Waals surface area contributed by atoms with Gasteiger partial charge in [-0.25, -0.2) is 19.2 Å². The van der Waals surface area contributed by atoms with Crippen LogP contribution in [-0.4, -0.2) is 110 Å². The molecule has 2 saturated carbocycles. The zero-order valence-electron chi connectivity index (χ0n) is 36.9. The molecule has 0 aromatic heterocycles. The minimum atomic E-state index is -1.62. The van der Waals surface area contributed by atoms with Crippen molar-refractivity contribution in [1.29, 1.82) is 0 Å². The van der Waals surface area contributed by atoms with Crippen molar-refractivity contribution in [3.63, 3.8) is 0 Å². The van der Waals surface area contributed by atoms with Gasteiger partial charge >= 0.3 is 23.9 Å². The number of ether oxygens (including phenoxy) is 11. The molecule has 0 bridgehead atoms. The Kier molecular flexibility index (Phi) is 13.5. The van der Waals surface area contributed by atoms with Crippen LogP contribution in [0.5, 0.6) is 0 Å². The van der Waals surface area contributed by atoms with E-state index < -0.39 is 103 Å². The SMILES string of the molecule is O=C(OCC1O[C@@H](O[C@@H]2C3OC4(CCCCC4)O[C@H]3O[C@@H]2C2COC3(CCCCC3)O2)C(OC(=O)c2ccccc2)[C@@H](OC(=O)c2ccccc2)[C@@H]1OC(=O)c1ccccc1)c1ccccc1. The largest absolute Gasteiger partial charge is 0.459 e. The molecular formula is C52H54O15. The van der Waals surface area contributed by atoms with Gasteiger partial charge in [0, 0.05) is 25.7 Å². The van der Waals surface area contributed by atoms with Crippen LogP contribution in [0.25, 0.3) is 0 Å². The van der Waals surface area contributed by atoms with Crippen molar-refractivity contribution in [2.45, 2.75) is 137 Å². The van der Waals surface area contributed by atoms with E-state index in [-0.39, 0.29) is 28.9 Å². The highest BCUT2D eigenvalue weighted by atomic mass is 16.9. The summed E-state index contributed by atoms with van der Waals surface area (Å²) in [7, 11) is 0. The Morgan fingerprint density at radius 2 is 0.955 bits per heavy atom. The van der Waals surface area contributed by atoms with Crippen molar-refractivity contribution in [3.8, 4) is 0 Å². The van der Waals surface area contributed by atoms with Crippen LogP contribution in [0.3, 0.4) is 0 Å². The van der Waals surface area contributed by atoms with Gasteiger partial charge in [-0.05, 0) is 74.2 Å². The van der Waals surface area contributed by atoms with Crippen molar-refractivity contribution < 1.29 is 71.3 Å². The van der Waals surface area contributed by atoms with Crippen molar-refractivity contribution in [1.82, 2.24) is 0 Å². The van der Waals surface area contributed by atoms with Crippen molar-refractivity contribution in [2.24, 2.45) is 0 Å². The first-order valence-electron chi connectivity index (χ1n) is 23.4. The third kappa shape index (κ3) is 9.91. The Hall–Kier alpha value is -5.52. The van der Waals surface area contributed by atoms with Crippen LogP contribution in [0.15, 0.2) is 121 Å². The highest BCUT2D eigenvalue weighted by Gasteiger charge is 2.64. The summed E-state index contributed by atoms with van der Waals surface area (Å²) >= 11 is 0. The standard InChI is InChI=1S/C52H54O15/c53-45(33-19-7-1-8-20-33)57-31-37-39(60-46(54)34-21-9-2-10-22-34)41(61-47(55)35-23-11-3-12-24-35)43(62-48(56)36-25-13-4-14-26-36)49(59-37)64-42-40(38-32-58-51(65-38)27-15-5-16-28-51)63-50-44(42)66-52(67-50)29-17-6-18-30-52/h1-4,7-14,19-26,37-44,49-50H,5-6,15-18,27-32H2/t37?,38?,39-,40-,41+,42+,43?,44?,49+,50-/m1/s1. The third-order valence-corrected chi connectivity index (χ3v) is 13.4. The minimum absolute atomic E-state index is 0.163. The molecule has 4 aromatic carbocycles. The van der Waals surface area contributed by atoms with E-state index in [4.69, 9.17) is 52.1 Å². The summed E-state index contributed by atoms with van der Waals surface area (Å²) in [4.78, 5) is 56.2. The average Bonchev–Trinajstić information content (AvgIpc) is 4.04. The Morgan fingerprint density at radius 3 is 1.49 bits per heavy atom. The molecule has 2 spiro atoms. The zero-order chi connectivity index (χ0) is 45.8. The number of fused-ring (bicyclic) bond motifs is 1. The van der Waals surface area contributed by atoms with Gasteiger partial charge in [0.15, 0.2) is 42.5 Å². The van der Waals surface area contributed by atoms with Gasteiger partial charge in [0.1, 0.15) is 37.1 Å². The lowest BCUT2D eigenvalue weighted by molar-refractivity contribution is -0.325. The summed E-state index contributed by atoms with van der Waals surface area (Å²) in [5.41, 5.74) is 0.770. The summed E-state index contributed by atoms with van der Waals surface area (Å²) in [6.07, 6.45) is -3.25. The van der Waals surface area contributed by atoms with E-state index in [0.29, 0.717) is 12.8 Å².